The summed E-state index contributed by atoms with van der Waals surface area (Å²) in [6.45, 7) is 12.9. The highest BCUT2D eigenvalue weighted by Crippen LogP contribution is 2.37. The number of anilines is 2. The second kappa shape index (κ2) is 5.76. The Bertz CT molecular complexity index is 910. The molecule has 132 valence electrons. The van der Waals surface area contributed by atoms with Gasteiger partial charge in [-0.1, -0.05) is 32.9 Å². The molecule has 0 bridgehead atoms. The summed E-state index contributed by atoms with van der Waals surface area (Å²) in [5.41, 5.74) is 10.8. The van der Waals surface area contributed by atoms with Gasteiger partial charge in [-0.05, 0) is 37.8 Å². The zero-order valence-electron chi connectivity index (χ0n) is 15.9. The van der Waals surface area contributed by atoms with E-state index >= 15 is 0 Å². The van der Waals surface area contributed by atoms with Crippen LogP contribution in [0.5, 0.6) is 0 Å². The van der Waals surface area contributed by atoms with E-state index < -0.39 is 0 Å². The lowest BCUT2D eigenvalue weighted by Crippen LogP contribution is -2.27. The first kappa shape index (κ1) is 17.3. The third-order valence-electron chi connectivity index (χ3n) is 3.99. The summed E-state index contributed by atoms with van der Waals surface area (Å²) in [5.74, 6) is 0.775. The molecule has 0 spiro atoms. The summed E-state index contributed by atoms with van der Waals surface area (Å²) >= 11 is 0. The molecule has 3 N–H and O–H groups in total. The first-order valence-corrected chi connectivity index (χ1v) is 8.57. The second-order valence-electron chi connectivity index (χ2n) is 8.53. The van der Waals surface area contributed by atoms with Gasteiger partial charge in [0.15, 0.2) is 11.5 Å². The zero-order valence-corrected chi connectivity index (χ0v) is 15.9. The zero-order chi connectivity index (χ0) is 18.4. The van der Waals surface area contributed by atoms with Gasteiger partial charge in [-0.15, -0.1) is 0 Å². The van der Waals surface area contributed by atoms with E-state index in [0.29, 0.717) is 0 Å². The first-order chi connectivity index (χ1) is 11.6. The Kier molecular flexibility index (Phi) is 3.98. The van der Waals surface area contributed by atoms with E-state index in [4.69, 9.17) is 10.7 Å². The minimum atomic E-state index is -0.110. The Morgan fingerprint density at radius 2 is 1.80 bits per heavy atom. The number of nitrogens with zero attached hydrogens (tertiary/aromatic N) is 3. The first-order valence-electron chi connectivity index (χ1n) is 8.57. The molecule has 0 aliphatic heterocycles. The Hall–Kier alpha value is -2.56. The third kappa shape index (κ3) is 3.45. The van der Waals surface area contributed by atoms with Gasteiger partial charge in [0.25, 0.3) is 0 Å². The number of hydrogen-bond acceptors (Lipinski definition) is 4. The standard InChI is InChI=1S/C20H27N5/c1-19(2,3)16-13(8-7-9-14(16)21)15-12-25-11-10-22-18(25)17(23-15)24-20(4,5)6/h7-12H,21H2,1-6H3,(H,23,24). The van der Waals surface area contributed by atoms with Gasteiger partial charge in [-0.3, -0.25) is 0 Å². The van der Waals surface area contributed by atoms with Crippen LogP contribution in [0.3, 0.4) is 0 Å². The van der Waals surface area contributed by atoms with Crippen LogP contribution >= 0.6 is 0 Å². The minimum Gasteiger partial charge on any atom is -0.398 e. The number of nitrogens with two attached hydrogens (primary N) is 1. The predicted octanol–water partition coefficient (Wildman–Crippen LogP) is 4.49. The number of nitrogen functional groups attached to an aromatic ring is 1. The van der Waals surface area contributed by atoms with Crippen LogP contribution in [0.2, 0.25) is 0 Å². The Morgan fingerprint density at radius 3 is 2.44 bits per heavy atom. The maximum absolute atomic E-state index is 6.31. The normalized spacial score (nSPS) is 12.6. The molecule has 0 aliphatic carbocycles. The van der Waals surface area contributed by atoms with E-state index in [9.17, 15) is 0 Å². The van der Waals surface area contributed by atoms with E-state index in [0.717, 1.165) is 34.0 Å². The Labute approximate surface area is 149 Å². The number of aromatic nitrogens is 3. The molecule has 0 unspecified atom stereocenters. The fourth-order valence-electron chi connectivity index (χ4n) is 3.12. The molecule has 1 aromatic carbocycles. The molecule has 3 rings (SSSR count). The number of benzene rings is 1. The molecule has 2 aromatic heterocycles. The molecular weight excluding hydrogens is 310 g/mol. The largest absolute Gasteiger partial charge is 0.398 e. The predicted molar refractivity (Wildman–Crippen MR) is 105 cm³/mol. The van der Waals surface area contributed by atoms with Crippen LogP contribution in [-0.4, -0.2) is 19.9 Å². The van der Waals surface area contributed by atoms with Crippen LogP contribution in [0.15, 0.2) is 36.8 Å². The van der Waals surface area contributed by atoms with Crippen molar-refractivity contribution >= 4 is 17.2 Å². The van der Waals surface area contributed by atoms with Gasteiger partial charge in [0.05, 0.1) is 5.69 Å². The Balaban J connectivity index is 2.26. The van der Waals surface area contributed by atoms with Crippen molar-refractivity contribution in [2.75, 3.05) is 11.1 Å². The van der Waals surface area contributed by atoms with Crippen molar-refractivity contribution in [2.24, 2.45) is 0 Å². The van der Waals surface area contributed by atoms with Gasteiger partial charge in [-0.2, -0.15) is 0 Å². The average Bonchev–Trinajstić information content (AvgIpc) is 2.92. The van der Waals surface area contributed by atoms with Gasteiger partial charge in [0.1, 0.15) is 0 Å². The average molecular weight is 337 g/mol. The molecule has 0 atom stereocenters. The van der Waals surface area contributed by atoms with E-state index in [1.807, 2.05) is 28.9 Å². The topological polar surface area (TPSA) is 68.2 Å². The van der Waals surface area contributed by atoms with Gasteiger partial charge < -0.3 is 15.5 Å². The summed E-state index contributed by atoms with van der Waals surface area (Å²) < 4.78 is 2.01. The highest BCUT2D eigenvalue weighted by Gasteiger charge is 2.23. The molecule has 5 nitrogen and oxygen atoms in total. The monoisotopic (exact) mass is 337 g/mol. The van der Waals surface area contributed by atoms with Crippen molar-refractivity contribution in [1.82, 2.24) is 14.4 Å². The SMILES string of the molecule is CC(C)(C)Nc1nc(-c2cccc(N)c2C(C)(C)C)cn2ccnc12. The Morgan fingerprint density at radius 1 is 1.08 bits per heavy atom. The molecule has 0 aliphatic rings. The van der Waals surface area contributed by atoms with Crippen LogP contribution < -0.4 is 11.1 Å². The fraction of sp³-hybridized carbons (Fsp3) is 0.400. The fourth-order valence-corrected chi connectivity index (χ4v) is 3.12. The van der Waals surface area contributed by atoms with E-state index in [1.54, 1.807) is 6.20 Å². The molecule has 3 aromatic rings. The maximum atomic E-state index is 6.31. The van der Waals surface area contributed by atoms with Crippen molar-refractivity contribution in [3.63, 3.8) is 0 Å². The molecule has 25 heavy (non-hydrogen) atoms. The molecule has 0 saturated carbocycles. The van der Waals surface area contributed by atoms with Crippen LogP contribution in [0.4, 0.5) is 11.5 Å². The van der Waals surface area contributed by atoms with Crippen LogP contribution in [0.1, 0.15) is 47.1 Å². The lowest BCUT2D eigenvalue weighted by atomic mass is 9.82. The third-order valence-corrected chi connectivity index (χ3v) is 3.99. The lowest BCUT2D eigenvalue weighted by Gasteiger charge is -2.26. The smallest absolute Gasteiger partial charge is 0.180 e. The molecule has 0 radical (unpaired) electrons. The van der Waals surface area contributed by atoms with Crippen LogP contribution in [0, 0.1) is 0 Å². The molecule has 0 amide bonds. The van der Waals surface area contributed by atoms with E-state index in [2.05, 4.69) is 57.9 Å². The lowest BCUT2D eigenvalue weighted by molar-refractivity contribution is 0.594. The van der Waals surface area contributed by atoms with Crippen molar-refractivity contribution in [3.05, 3.63) is 42.4 Å². The molecule has 2 heterocycles. The van der Waals surface area contributed by atoms with Gasteiger partial charge in [0.2, 0.25) is 0 Å². The molecule has 5 heteroatoms. The summed E-state index contributed by atoms with van der Waals surface area (Å²) in [4.78, 5) is 9.33. The van der Waals surface area contributed by atoms with Gasteiger partial charge >= 0.3 is 0 Å². The summed E-state index contributed by atoms with van der Waals surface area (Å²) in [7, 11) is 0. The number of rotatable bonds is 2. The quantitative estimate of drug-likeness (QED) is 0.676. The summed E-state index contributed by atoms with van der Waals surface area (Å²) in [6, 6.07) is 6.02. The van der Waals surface area contributed by atoms with Crippen molar-refractivity contribution in [2.45, 2.75) is 52.5 Å². The van der Waals surface area contributed by atoms with Crippen molar-refractivity contribution < 1.29 is 0 Å². The van der Waals surface area contributed by atoms with Gasteiger partial charge in [0, 0.05) is 35.4 Å². The molecular formula is C20H27N5. The van der Waals surface area contributed by atoms with Crippen LogP contribution in [-0.2, 0) is 5.41 Å². The summed E-state index contributed by atoms with van der Waals surface area (Å²) in [6.07, 6.45) is 5.75. The van der Waals surface area contributed by atoms with Crippen molar-refractivity contribution in [3.8, 4) is 11.3 Å². The number of nitrogens with one attached hydrogen (secondary N) is 1. The van der Waals surface area contributed by atoms with Gasteiger partial charge in [-0.25, -0.2) is 9.97 Å². The molecule has 0 fully saturated rings. The number of hydrogen-bond donors (Lipinski definition) is 2. The summed E-state index contributed by atoms with van der Waals surface area (Å²) in [5, 5.41) is 3.47. The van der Waals surface area contributed by atoms with Crippen molar-refractivity contribution in [1.29, 1.82) is 0 Å². The van der Waals surface area contributed by atoms with E-state index in [-0.39, 0.29) is 11.0 Å². The maximum Gasteiger partial charge on any atom is 0.180 e. The van der Waals surface area contributed by atoms with Crippen LogP contribution in [0.25, 0.3) is 16.9 Å². The minimum absolute atomic E-state index is 0.0795. The second-order valence-corrected chi connectivity index (χ2v) is 8.53. The number of fused-ring (bicyclic) bond motifs is 1. The van der Waals surface area contributed by atoms with E-state index in [1.165, 1.54) is 0 Å². The highest BCUT2D eigenvalue weighted by atomic mass is 15.1. The highest BCUT2D eigenvalue weighted by molar-refractivity contribution is 5.75. The number of imidazole rings is 1. The molecule has 0 saturated heterocycles.